The summed E-state index contributed by atoms with van der Waals surface area (Å²) in [6, 6.07) is 14.6. The van der Waals surface area contributed by atoms with E-state index in [0.717, 1.165) is 10.5 Å². The Hall–Kier alpha value is -3.90. The van der Waals surface area contributed by atoms with Gasteiger partial charge in [-0.05, 0) is 89.5 Å². The molecule has 1 fully saturated rings. The van der Waals surface area contributed by atoms with Gasteiger partial charge in [0.25, 0.3) is 17.7 Å². The number of aryl methyl sites for hydroxylation is 1. The number of ether oxygens (including phenoxy) is 2. The average molecular weight is 660 g/mol. The van der Waals surface area contributed by atoms with Crippen LogP contribution >= 0.6 is 34.2 Å². The second-order valence-corrected chi connectivity index (χ2v) is 10.1. The summed E-state index contributed by atoms with van der Waals surface area (Å²) in [4.78, 5) is 51.8. The number of imide groups is 2. The standard InChI is InChI=1S/C28H23ClIN3O6/c1-15-7-4-5-9-21(15)31-24(34)14-39-25-20(30)12-17(13-23(25)38-3)11-18-26(35)32-28(37)33(27(18)36)22-10-6-8-19(29)16(22)2/h4-13H,14H2,1-3H3,(H,31,34)(H,32,35,37)/b18-11-. The fourth-order valence-electron chi connectivity index (χ4n) is 3.88. The van der Waals surface area contributed by atoms with Crippen LogP contribution in [0.3, 0.4) is 0 Å². The van der Waals surface area contributed by atoms with Gasteiger partial charge in [0.1, 0.15) is 5.57 Å². The van der Waals surface area contributed by atoms with Crippen molar-refractivity contribution in [2.75, 3.05) is 23.9 Å². The van der Waals surface area contributed by atoms with E-state index in [2.05, 4.69) is 10.6 Å². The average Bonchev–Trinajstić information content (AvgIpc) is 2.89. The lowest BCUT2D eigenvalue weighted by molar-refractivity contribution is -0.122. The summed E-state index contributed by atoms with van der Waals surface area (Å²) in [5, 5.41) is 5.38. The molecular formula is C28H23ClIN3O6. The first kappa shape index (κ1) is 28.1. The molecule has 0 radical (unpaired) electrons. The molecule has 1 aliphatic rings. The molecule has 0 bridgehead atoms. The van der Waals surface area contributed by atoms with Crippen LogP contribution in [-0.2, 0) is 14.4 Å². The van der Waals surface area contributed by atoms with Gasteiger partial charge >= 0.3 is 6.03 Å². The monoisotopic (exact) mass is 659 g/mol. The predicted molar refractivity (Wildman–Crippen MR) is 156 cm³/mol. The predicted octanol–water partition coefficient (Wildman–Crippen LogP) is 5.25. The number of urea groups is 1. The summed E-state index contributed by atoms with van der Waals surface area (Å²) < 4.78 is 11.8. The zero-order valence-electron chi connectivity index (χ0n) is 21.1. The Labute approximate surface area is 243 Å². The molecule has 11 heteroatoms. The van der Waals surface area contributed by atoms with Crippen molar-refractivity contribution >= 4 is 75.4 Å². The van der Waals surface area contributed by atoms with Crippen LogP contribution in [0.15, 0.2) is 60.2 Å². The molecule has 4 rings (SSSR count). The van der Waals surface area contributed by atoms with E-state index in [1.54, 1.807) is 43.3 Å². The number of amides is 5. The van der Waals surface area contributed by atoms with Gasteiger partial charge in [0.05, 0.1) is 16.4 Å². The van der Waals surface area contributed by atoms with Gasteiger partial charge in [-0.3, -0.25) is 19.7 Å². The van der Waals surface area contributed by atoms with E-state index in [9.17, 15) is 19.2 Å². The summed E-state index contributed by atoms with van der Waals surface area (Å²) in [5.41, 5.74) is 2.58. The molecule has 0 aromatic heterocycles. The molecular weight excluding hydrogens is 637 g/mol. The molecule has 3 aromatic carbocycles. The Morgan fingerprint density at radius 1 is 1.10 bits per heavy atom. The second-order valence-electron chi connectivity index (χ2n) is 8.53. The minimum Gasteiger partial charge on any atom is -0.493 e. The third-order valence-electron chi connectivity index (χ3n) is 5.91. The van der Waals surface area contributed by atoms with E-state index in [4.69, 9.17) is 21.1 Å². The topological polar surface area (TPSA) is 114 Å². The zero-order chi connectivity index (χ0) is 28.3. The fourth-order valence-corrected chi connectivity index (χ4v) is 4.83. The minimum absolute atomic E-state index is 0.252. The first-order valence-corrected chi connectivity index (χ1v) is 13.1. The number of anilines is 2. The quantitative estimate of drug-likeness (QED) is 0.204. The van der Waals surface area contributed by atoms with Crippen LogP contribution < -0.4 is 25.0 Å². The Bertz CT molecular complexity index is 1540. The van der Waals surface area contributed by atoms with Gasteiger partial charge in [-0.15, -0.1) is 0 Å². The third kappa shape index (κ3) is 6.07. The number of rotatable bonds is 7. The number of para-hydroxylation sites is 1. The Morgan fingerprint density at radius 3 is 2.56 bits per heavy atom. The maximum Gasteiger partial charge on any atom is 0.335 e. The number of hydrogen-bond donors (Lipinski definition) is 2. The molecule has 39 heavy (non-hydrogen) atoms. The highest BCUT2D eigenvalue weighted by atomic mass is 127. The van der Waals surface area contributed by atoms with Crippen molar-refractivity contribution in [2.24, 2.45) is 0 Å². The van der Waals surface area contributed by atoms with E-state index in [0.29, 0.717) is 36.9 Å². The molecule has 1 aliphatic heterocycles. The van der Waals surface area contributed by atoms with Crippen LogP contribution in [0, 0.1) is 17.4 Å². The van der Waals surface area contributed by atoms with Crippen molar-refractivity contribution in [1.82, 2.24) is 5.32 Å². The van der Waals surface area contributed by atoms with Gasteiger partial charge in [-0.25, -0.2) is 9.69 Å². The van der Waals surface area contributed by atoms with Gasteiger partial charge < -0.3 is 14.8 Å². The lowest BCUT2D eigenvalue weighted by atomic mass is 10.1. The van der Waals surface area contributed by atoms with E-state index in [-0.39, 0.29) is 23.8 Å². The molecule has 0 atom stereocenters. The maximum atomic E-state index is 13.3. The summed E-state index contributed by atoms with van der Waals surface area (Å²) >= 11 is 8.19. The molecule has 2 N–H and O–H groups in total. The number of carbonyl (C=O) groups is 4. The van der Waals surface area contributed by atoms with Gasteiger partial charge in [-0.2, -0.15) is 0 Å². The van der Waals surface area contributed by atoms with Crippen LogP contribution in [0.1, 0.15) is 16.7 Å². The molecule has 0 saturated carbocycles. The Morgan fingerprint density at radius 2 is 1.85 bits per heavy atom. The number of barbiturate groups is 1. The van der Waals surface area contributed by atoms with E-state index >= 15 is 0 Å². The van der Waals surface area contributed by atoms with Crippen LogP contribution in [0.25, 0.3) is 6.08 Å². The summed E-state index contributed by atoms with van der Waals surface area (Å²) in [6.07, 6.45) is 1.36. The Kier molecular flexibility index (Phi) is 8.56. The Balaban J connectivity index is 1.58. The van der Waals surface area contributed by atoms with Crippen LogP contribution in [-0.4, -0.2) is 37.5 Å². The first-order chi connectivity index (χ1) is 18.6. The van der Waals surface area contributed by atoms with Crippen molar-refractivity contribution in [3.05, 3.63) is 85.5 Å². The molecule has 200 valence electrons. The van der Waals surface area contributed by atoms with Crippen molar-refractivity contribution in [1.29, 1.82) is 0 Å². The van der Waals surface area contributed by atoms with Crippen molar-refractivity contribution in [3.8, 4) is 11.5 Å². The zero-order valence-corrected chi connectivity index (χ0v) is 24.0. The lowest BCUT2D eigenvalue weighted by Crippen LogP contribution is -2.54. The largest absolute Gasteiger partial charge is 0.493 e. The van der Waals surface area contributed by atoms with E-state index < -0.39 is 17.8 Å². The number of nitrogens with one attached hydrogen (secondary N) is 2. The first-order valence-electron chi connectivity index (χ1n) is 11.6. The summed E-state index contributed by atoms with van der Waals surface area (Å²) in [7, 11) is 1.43. The number of carbonyl (C=O) groups excluding carboxylic acids is 4. The summed E-state index contributed by atoms with van der Waals surface area (Å²) in [6.45, 7) is 3.29. The lowest BCUT2D eigenvalue weighted by Gasteiger charge is -2.27. The molecule has 3 aromatic rings. The van der Waals surface area contributed by atoms with Crippen molar-refractivity contribution < 1.29 is 28.7 Å². The van der Waals surface area contributed by atoms with E-state index in [1.165, 1.54) is 13.2 Å². The molecule has 0 unspecified atom stereocenters. The molecule has 0 spiro atoms. The minimum atomic E-state index is -0.868. The number of methoxy groups -OCH3 is 1. The fraction of sp³-hybridized carbons (Fsp3) is 0.143. The number of hydrogen-bond acceptors (Lipinski definition) is 6. The van der Waals surface area contributed by atoms with Gasteiger partial charge in [0.15, 0.2) is 18.1 Å². The van der Waals surface area contributed by atoms with Crippen molar-refractivity contribution in [3.63, 3.8) is 0 Å². The number of benzene rings is 3. The third-order valence-corrected chi connectivity index (χ3v) is 7.12. The highest BCUT2D eigenvalue weighted by Gasteiger charge is 2.37. The normalized spacial score (nSPS) is 14.3. The highest BCUT2D eigenvalue weighted by Crippen LogP contribution is 2.35. The highest BCUT2D eigenvalue weighted by molar-refractivity contribution is 14.1. The van der Waals surface area contributed by atoms with Crippen molar-refractivity contribution in [2.45, 2.75) is 13.8 Å². The molecule has 1 heterocycles. The SMILES string of the molecule is COc1cc(/C=C2/C(=O)NC(=O)N(c3cccc(Cl)c3C)C2=O)cc(I)c1OCC(=O)Nc1ccccc1C. The smallest absolute Gasteiger partial charge is 0.335 e. The van der Waals surface area contributed by atoms with Crippen LogP contribution in [0.2, 0.25) is 5.02 Å². The van der Waals surface area contributed by atoms with Gasteiger partial charge in [0, 0.05) is 10.7 Å². The van der Waals surface area contributed by atoms with E-state index in [1.807, 2.05) is 47.7 Å². The molecule has 0 aliphatic carbocycles. The molecule has 9 nitrogen and oxygen atoms in total. The number of halogens is 2. The molecule has 5 amide bonds. The number of nitrogens with zero attached hydrogens (tertiary/aromatic N) is 1. The van der Waals surface area contributed by atoms with Gasteiger partial charge in [0.2, 0.25) is 0 Å². The second kappa shape index (κ2) is 11.9. The van der Waals surface area contributed by atoms with Crippen LogP contribution in [0.5, 0.6) is 11.5 Å². The van der Waals surface area contributed by atoms with Crippen LogP contribution in [0.4, 0.5) is 16.2 Å². The van der Waals surface area contributed by atoms with Gasteiger partial charge in [-0.1, -0.05) is 35.9 Å². The maximum absolute atomic E-state index is 13.3. The molecule has 1 saturated heterocycles. The summed E-state index contributed by atoms with van der Waals surface area (Å²) in [5.74, 6) is -1.36.